The third kappa shape index (κ3) is 6.51. The van der Waals surface area contributed by atoms with Crippen LogP contribution in [0.2, 0.25) is 0 Å². The highest BCUT2D eigenvalue weighted by Gasteiger charge is 2.47. The molecular formula is C28H28F2N4O4. The molecule has 198 valence electrons. The predicted molar refractivity (Wildman–Crippen MR) is 137 cm³/mol. The smallest absolute Gasteiger partial charge is 0.411 e. The molecule has 1 saturated heterocycles. The van der Waals surface area contributed by atoms with Crippen LogP contribution in [0.4, 0.5) is 19.3 Å². The van der Waals surface area contributed by atoms with Crippen molar-refractivity contribution in [3.05, 3.63) is 101 Å². The number of carbonyl (C=O) groups excluding carboxylic acids is 3. The molecule has 4 rings (SSSR count). The maximum Gasteiger partial charge on any atom is 0.411 e. The van der Waals surface area contributed by atoms with E-state index in [0.717, 1.165) is 0 Å². The number of cyclic esters (lactones) is 1. The molecule has 0 aliphatic carbocycles. The van der Waals surface area contributed by atoms with Crippen molar-refractivity contribution >= 4 is 23.6 Å². The van der Waals surface area contributed by atoms with E-state index in [1.54, 1.807) is 36.4 Å². The lowest BCUT2D eigenvalue weighted by atomic mass is 10.00. The van der Waals surface area contributed by atoms with E-state index in [-0.39, 0.29) is 12.1 Å². The maximum absolute atomic E-state index is 13.4. The van der Waals surface area contributed by atoms with Crippen molar-refractivity contribution in [2.45, 2.75) is 18.7 Å². The lowest BCUT2D eigenvalue weighted by molar-refractivity contribution is -0.126. The van der Waals surface area contributed by atoms with Gasteiger partial charge < -0.3 is 20.3 Å². The average Bonchev–Trinajstić information content (AvgIpc) is 3.21. The normalized spacial score (nSPS) is 16.9. The quantitative estimate of drug-likeness (QED) is 0.444. The Morgan fingerprint density at radius 3 is 2.29 bits per heavy atom. The van der Waals surface area contributed by atoms with Gasteiger partial charge in [-0.2, -0.15) is 0 Å². The van der Waals surface area contributed by atoms with E-state index in [2.05, 4.69) is 10.6 Å². The molecule has 2 atom stereocenters. The minimum atomic E-state index is -1.00. The van der Waals surface area contributed by atoms with E-state index in [1.807, 2.05) is 19.0 Å². The number of benzene rings is 3. The van der Waals surface area contributed by atoms with Gasteiger partial charge in [-0.05, 0) is 73.8 Å². The van der Waals surface area contributed by atoms with Crippen LogP contribution < -0.4 is 10.6 Å². The minimum absolute atomic E-state index is 0.0440. The van der Waals surface area contributed by atoms with Crippen LogP contribution in [0.3, 0.4) is 0 Å². The molecule has 0 radical (unpaired) electrons. The fourth-order valence-corrected chi connectivity index (χ4v) is 4.10. The van der Waals surface area contributed by atoms with E-state index in [0.29, 0.717) is 29.9 Å². The molecule has 0 spiro atoms. The van der Waals surface area contributed by atoms with Gasteiger partial charge in [0.25, 0.3) is 5.91 Å². The molecule has 38 heavy (non-hydrogen) atoms. The monoisotopic (exact) mass is 522 g/mol. The van der Waals surface area contributed by atoms with Crippen molar-refractivity contribution in [1.82, 2.24) is 15.1 Å². The molecule has 1 aliphatic heterocycles. The third-order valence-corrected chi connectivity index (χ3v) is 6.06. The molecule has 2 N–H and O–H groups in total. The number of nitrogens with one attached hydrogen (secondary N) is 2. The highest BCUT2D eigenvalue weighted by Crippen LogP contribution is 2.35. The van der Waals surface area contributed by atoms with Crippen molar-refractivity contribution in [3.8, 4) is 0 Å². The average molecular weight is 523 g/mol. The second kappa shape index (κ2) is 11.8. The number of anilines is 1. The summed E-state index contributed by atoms with van der Waals surface area (Å²) < 4.78 is 32.3. The summed E-state index contributed by atoms with van der Waals surface area (Å²) in [5.74, 6) is -1.70. The SMILES string of the molecule is CN(C)CCNC(=O)C1C(c2cccc(NC(=O)c3ccc(F)cc3)c2)OC(=O)N1Cc1ccc(F)cc1. The van der Waals surface area contributed by atoms with Gasteiger partial charge in [-0.25, -0.2) is 13.6 Å². The number of carbonyl (C=O) groups is 3. The van der Waals surface area contributed by atoms with Gasteiger partial charge in [-0.3, -0.25) is 14.5 Å². The predicted octanol–water partition coefficient (Wildman–Crippen LogP) is 3.96. The Bertz CT molecular complexity index is 1300. The number of ether oxygens (including phenoxy) is 1. The molecule has 2 unspecified atom stereocenters. The Morgan fingerprint density at radius 2 is 1.63 bits per heavy atom. The molecule has 3 amide bonds. The van der Waals surface area contributed by atoms with E-state index >= 15 is 0 Å². The topological polar surface area (TPSA) is 91.0 Å². The Labute approximate surface area is 219 Å². The highest BCUT2D eigenvalue weighted by atomic mass is 19.1. The van der Waals surface area contributed by atoms with Crippen LogP contribution in [0.1, 0.15) is 27.6 Å². The fourth-order valence-electron chi connectivity index (χ4n) is 4.10. The summed E-state index contributed by atoms with van der Waals surface area (Å²) in [5.41, 5.74) is 1.82. The summed E-state index contributed by atoms with van der Waals surface area (Å²) in [6.45, 7) is 1.00. The first-order valence-corrected chi connectivity index (χ1v) is 12.0. The first-order chi connectivity index (χ1) is 18.2. The molecule has 3 aromatic rings. The Kier molecular flexibility index (Phi) is 8.32. The zero-order chi connectivity index (χ0) is 27.2. The number of halogens is 2. The van der Waals surface area contributed by atoms with E-state index in [9.17, 15) is 23.2 Å². The van der Waals surface area contributed by atoms with E-state index in [4.69, 9.17) is 4.74 Å². The maximum atomic E-state index is 13.4. The number of amides is 3. The number of likely N-dealkylation sites (N-methyl/N-ethyl adjacent to an activating group) is 1. The van der Waals surface area contributed by atoms with E-state index < -0.39 is 41.7 Å². The van der Waals surface area contributed by atoms with Crippen LogP contribution in [-0.4, -0.2) is 60.9 Å². The summed E-state index contributed by atoms with van der Waals surface area (Å²) >= 11 is 0. The van der Waals surface area contributed by atoms with E-state index in [1.165, 1.54) is 41.3 Å². The van der Waals surface area contributed by atoms with Gasteiger partial charge in [-0.1, -0.05) is 24.3 Å². The van der Waals surface area contributed by atoms with Crippen LogP contribution in [-0.2, 0) is 16.1 Å². The molecule has 10 heteroatoms. The minimum Gasteiger partial charge on any atom is -0.438 e. The summed E-state index contributed by atoms with van der Waals surface area (Å²) in [6, 6.07) is 16.4. The second-order valence-electron chi connectivity index (χ2n) is 9.18. The summed E-state index contributed by atoms with van der Waals surface area (Å²) in [6.07, 6.45) is -1.64. The van der Waals surface area contributed by atoms with Gasteiger partial charge in [0, 0.05) is 24.3 Å². The van der Waals surface area contributed by atoms with Crippen molar-refractivity contribution in [2.75, 3.05) is 32.5 Å². The molecule has 3 aromatic carbocycles. The van der Waals surface area contributed by atoms with Crippen molar-refractivity contribution < 1.29 is 27.9 Å². The highest BCUT2D eigenvalue weighted by molar-refractivity contribution is 6.04. The largest absolute Gasteiger partial charge is 0.438 e. The molecule has 1 fully saturated rings. The summed E-state index contributed by atoms with van der Waals surface area (Å²) in [7, 11) is 3.76. The lowest BCUT2D eigenvalue weighted by Gasteiger charge is -2.24. The second-order valence-corrected chi connectivity index (χ2v) is 9.18. The molecule has 8 nitrogen and oxygen atoms in total. The first kappa shape index (κ1) is 26.7. The summed E-state index contributed by atoms with van der Waals surface area (Å²) in [5, 5.41) is 5.60. The fraction of sp³-hybridized carbons (Fsp3) is 0.250. The number of nitrogens with zero attached hydrogens (tertiary/aromatic N) is 2. The Morgan fingerprint density at radius 1 is 0.974 bits per heavy atom. The van der Waals surface area contributed by atoms with Crippen LogP contribution in [0.5, 0.6) is 0 Å². The van der Waals surface area contributed by atoms with Crippen LogP contribution in [0, 0.1) is 11.6 Å². The number of rotatable bonds is 9. The van der Waals surface area contributed by atoms with Crippen molar-refractivity contribution in [3.63, 3.8) is 0 Å². The van der Waals surface area contributed by atoms with Gasteiger partial charge >= 0.3 is 6.09 Å². The zero-order valence-corrected chi connectivity index (χ0v) is 21.0. The van der Waals surface area contributed by atoms with Gasteiger partial charge in [0.05, 0.1) is 6.54 Å². The molecule has 0 aromatic heterocycles. The molecular weight excluding hydrogens is 494 g/mol. The lowest BCUT2D eigenvalue weighted by Crippen LogP contribution is -2.47. The van der Waals surface area contributed by atoms with Crippen molar-refractivity contribution in [2.24, 2.45) is 0 Å². The van der Waals surface area contributed by atoms with Gasteiger partial charge in [0.1, 0.15) is 11.6 Å². The first-order valence-electron chi connectivity index (χ1n) is 12.0. The van der Waals surface area contributed by atoms with Gasteiger partial charge in [0.15, 0.2) is 12.1 Å². The molecule has 1 aliphatic rings. The molecule has 1 heterocycles. The number of hydrogen-bond acceptors (Lipinski definition) is 5. The van der Waals surface area contributed by atoms with Gasteiger partial charge in [-0.15, -0.1) is 0 Å². The van der Waals surface area contributed by atoms with Crippen molar-refractivity contribution in [1.29, 1.82) is 0 Å². The van der Waals surface area contributed by atoms with Crippen LogP contribution in [0.15, 0.2) is 72.8 Å². The zero-order valence-electron chi connectivity index (χ0n) is 21.0. The van der Waals surface area contributed by atoms with Gasteiger partial charge in [0.2, 0.25) is 5.91 Å². The number of hydrogen-bond donors (Lipinski definition) is 2. The molecule has 0 saturated carbocycles. The molecule has 0 bridgehead atoms. The standard InChI is InChI=1S/C28H28F2N4O4/c1-33(2)15-14-31-27(36)24-25(38-28(37)34(24)17-18-6-10-21(29)11-7-18)20-4-3-5-23(16-20)32-26(35)19-8-12-22(30)13-9-19/h3-13,16,24-25H,14-15,17H2,1-2H3,(H,31,36)(H,32,35). The third-order valence-electron chi connectivity index (χ3n) is 6.06. The van der Waals surface area contributed by atoms with Crippen LogP contribution in [0.25, 0.3) is 0 Å². The summed E-state index contributed by atoms with van der Waals surface area (Å²) in [4.78, 5) is 42.1. The Hall–Kier alpha value is -4.31. The van der Waals surface area contributed by atoms with Crippen LogP contribution >= 0.6 is 0 Å². The Balaban J connectivity index is 1.58.